The normalized spacial score (nSPS) is 16.3. The minimum Gasteiger partial charge on any atom is -0.478 e. The molecule has 0 amide bonds. The van der Waals surface area contributed by atoms with E-state index >= 15 is 0 Å². The van der Waals surface area contributed by atoms with Gasteiger partial charge in [0.05, 0.1) is 12.3 Å². The molecule has 0 radical (unpaired) electrons. The largest absolute Gasteiger partial charge is 0.478 e. The Kier molecular flexibility index (Phi) is 5.33. The summed E-state index contributed by atoms with van der Waals surface area (Å²) in [5.41, 5.74) is 1.35. The fourth-order valence-corrected chi connectivity index (χ4v) is 2.47. The van der Waals surface area contributed by atoms with Gasteiger partial charge in [-0.3, -0.25) is 4.79 Å². The highest BCUT2D eigenvalue weighted by Crippen LogP contribution is 2.18. The maximum Gasteiger partial charge on any atom is 0.213 e. The summed E-state index contributed by atoms with van der Waals surface area (Å²) < 4.78 is 5.63. The molecule has 0 aliphatic carbocycles. The first-order valence-corrected chi connectivity index (χ1v) is 7.06. The first kappa shape index (κ1) is 14.0. The summed E-state index contributed by atoms with van der Waals surface area (Å²) in [6.07, 6.45) is 5.69. The Balaban J connectivity index is 1.70. The van der Waals surface area contributed by atoms with Crippen LogP contribution in [0.25, 0.3) is 0 Å². The van der Waals surface area contributed by atoms with Crippen molar-refractivity contribution >= 4 is 6.29 Å². The van der Waals surface area contributed by atoms with Gasteiger partial charge in [-0.1, -0.05) is 0 Å². The quantitative estimate of drug-likeness (QED) is 0.631. The van der Waals surface area contributed by atoms with Crippen molar-refractivity contribution in [2.24, 2.45) is 5.92 Å². The van der Waals surface area contributed by atoms with Gasteiger partial charge >= 0.3 is 0 Å². The van der Waals surface area contributed by atoms with Crippen LogP contribution in [0.2, 0.25) is 0 Å². The van der Waals surface area contributed by atoms with E-state index < -0.39 is 0 Å². The summed E-state index contributed by atoms with van der Waals surface area (Å²) in [6, 6.07) is 3.53. The number of hydrogen-bond donors (Lipinski definition) is 1. The average molecular weight is 262 g/mol. The zero-order valence-corrected chi connectivity index (χ0v) is 11.5. The molecule has 2 heterocycles. The third-order valence-electron chi connectivity index (χ3n) is 3.69. The van der Waals surface area contributed by atoms with Gasteiger partial charge in [-0.05, 0) is 57.7 Å². The standard InChI is InChI=1S/C15H22N2O2/c1-12-14(11-18)4-5-15(17-12)19-10-2-3-13-6-8-16-9-7-13/h4-5,11,13,16H,2-3,6-10H2,1H3. The lowest BCUT2D eigenvalue weighted by atomic mass is 9.93. The number of hydrogen-bond acceptors (Lipinski definition) is 4. The van der Waals surface area contributed by atoms with Gasteiger partial charge in [0.2, 0.25) is 5.88 Å². The molecule has 0 atom stereocenters. The summed E-state index contributed by atoms with van der Waals surface area (Å²) in [4.78, 5) is 15.0. The molecule has 4 heteroatoms. The second-order valence-electron chi connectivity index (χ2n) is 5.13. The van der Waals surface area contributed by atoms with Gasteiger partial charge in [-0.2, -0.15) is 0 Å². The molecule has 2 rings (SSSR count). The molecule has 0 aromatic carbocycles. The smallest absolute Gasteiger partial charge is 0.213 e. The minimum atomic E-state index is 0.619. The number of nitrogens with zero attached hydrogens (tertiary/aromatic N) is 1. The van der Waals surface area contributed by atoms with Crippen molar-refractivity contribution in [2.45, 2.75) is 32.6 Å². The van der Waals surface area contributed by atoms with Crippen LogP contribution in [0.5, 0.6) is 5.88 Å². The topological polar surface area (TPSA) is 51.2 Å². The summed E-state index contributed by atoms with van der Waals surface area (Å²) in [6.45, 7) is 4.83. The number of rotatable bonds is 6. The van der Waals surface area contributed by atoms with Gasteiger partial charge in [0.15, 0.2) is 6.29 Å². The molecule has 0 spiro atoms. The monoisotopic (exact) mass is 262 g/mol. The van der Waals surface area contributed by atoms with E-state index in [2.05, 4.69) is 10.3 Å². The lowest BCUT2D eigenvalue weighted by Gasteiger charge is -2.22. The zero-order chi connectivity index (χ0) is 13.5. The first-order chi connectivity index (χ1) is 9.29. The van der Waals surface area contributed by atoms with Crippen LogP contribution in [0.1, 0.15) is 41.7 Å². The van der Waals surface area contributed by atoms with Crippen molar-refractivity contribution in [3.05, 3.63) is 23.4 Å². The number of pyridine rings is 1. The molecule has 1 aliphatic rings. The lowest BCUT2D eigenvalue weighted by molar-refractivity contribution is 0.112. The second-order valence-corrected chi connectivity index (χ2v) is 5.13. The van der Waals surface area contributed by atoms with E-state index in [9.17, 15) is 4.79 Å². The van der Waals surface area contributed by atoms with Crippen molar-refractivity contribution in [3.8, 4) is 5.88 Å². The van der Waals surface area contributed by atoms with Gasteiger partial charge < -0.3 is 10.1 Å². The van der Waals surface area contributed by atoms with Gasteiger partial charge in [-0.25, -0.2) is 4.98 Å². The Labute approximate surface area is 114 Å². The highest BCUT2D eigenvalue weighted by molar-refractivity contribution is 5.76. The fraction of sp³-hybridized carbons (Fsp3) is 0.600. The van der Waals surface area contributed by atoms with E-state index in [1.165, 1.54) is 19.3 Å². The van der Waals surface area contributed by atoms with Crippen LogP contribution in [0, 0.1) is 12.8 Å². The molecule has 1 aromatic heterocycles. The maximum absolute atomic E-state index is 10.7. The molecule has 4 nitrogen and oxygen atoms in total. The Hall–Kier alpha value is -1.42. The zero-order valence-electron chi connectivity index (χ0n) is 11.5. The third-order valence-corrected chi connectivity index (χ3v) is 3.69. The van der Waals surface area contributed by atoms with E-state index in [0.717, 1.165) is 37.4 Å². The van der Waals surface area contributed by atoms with Crippen LogP contribution in [-0.2, 0) is 0 Å². The number of nitrogens with one attached hydrogen (secondary N) is 1. The third kappa shape index (κ3) is 4.31. The molecular formula is C15H22N2O2. The first-order valence-electron chi connectivity index (χ1n) is 7.06. The average Bonchev–Trinajstić information content (AvgIpc) is 2.45. The van der Waals surface area contributed by atoms with E-state index in [1.807, 2.05) is 6.92 Å². The Morgan fingerprint density at radius 3 is 2.89 bits per heavy atom. The van der Waals surface area contributed by atoms with Crippen molar-refractivity contribution in [3.63, 3.8) is 0 Å². The second kappa shape index (κ2) is 7.24. The number of carbonyl (C=O) groups excluding carboxylic acids is 1. The van der Waals surface area contributed by atoms with Gasteiger partial charge in [0.25, 0.3) is 0 Å². The molecule has 1 fully saturated rings. The number of aryl methyl sites for hydroxylation is 1. The summed E-state index contributed by atoms with van der Waals surface area (Å²) in [5.74, 6) is 1.46. The molecule has 104 valence electrons. The predicted molar refractivity (Wildman–Crippen MR) is 74.7 cm³/mol. The molecule has 1 aromatic rings. The van der Waals surface area contributed by atoms with Gasteiger partial charge in [0.1, 0.15) is 0 Å². The summed E-state index contributed by atoms with van der Waals surface area (Å²) in [7, 11) is 0. The van der Waals surface area contributed by atoms with Crippen molar-refractivity contribution < 1.29 is 9.53 Å². The van der Waals surface area contributed by atoms with E-state index in [0.29, 0.717) is 18.1 Å². The Morgan fingerprint density at radius 2 is 2.21 bits per heavy atom. The number of aldehydes is 1. The molecule has 1 aliphatic heterocycles. The Bertz CT molecular complexity index is 415. The molecule has 0 unspecified atom stereocenters. The van der Waals surface area contributed by atoms with Crippen LogP contribution in [0.3, 0.4) is 0 Å². The van der Waals surface area contributed by atoms with Crippen LogP contribution < -0.4 is 10.1 Å². The molecule has 0 bridgehead atoms. The number of ether oxygens (including phenoxy) is 1. The lowest BCUT2D eigenvalue weighted by Crippen LogP contribution is -2.27. The number of piperidine rings is 1. The SMILES string of the molecule is Cc1nc(OCCCC2CCNCC2)ccc1C=O. The number of carbonyl (C=O) groups is 1. The maximum atomic E-state index is 10.7. The minimum absolute atomic E-state index is 0.619. The molecular weight excluding hydrogens is 240 g/mol. The predicted octanol–water partition coefficient (Wildman–Crippen LogP) is 2.36. The van der Waals surface area contributed by atoms with Crippen molar-refractivity contribution in [1.29, 1.82) is 0 Å². The highest BCUT2D eigenvalue weighted by Gasteiger charge is 2.12. The van der Waals surface area contributed by atoms with Crippen LogP contribution >= 0.6 is 0 Å². The van der Waals surface area contributed by atoms with Crippen LogP contribution in [-0.4, -0.2) is 31.0 Å². The number of aromatic nitrogens is 1. The molecule has 1 N–H and O–H groups in total. The summed E-state index contributed by atoms with van der Waals surface area (Å²) >= 11 is 0. The van der Waals surface area contributed by atoms with E-state index in [4.69, 9.17) is 4.74 Å². The van der Waals surface area contributed by atoms with E-state index in [1.54, 1.807) is 12.1 Å². The van der Waals surface area contributed by atoms with Gasteiger partial charge in [0, 0.05) is 11.6 Å². The fourth-order valence-electron chi connectivity index (χ4n) is 2.47. The van der Waals surface area contributed by atoms with Crippen LogP contribution in [0.15, 0.2) is 12.1 Å². The van der Waals surface area contributed by atoms with Crippen molar-refractivity contribution in [1.82, 2.24) is 10.3 Å². The highest BCUT2D eigenvalue weighted by atomic mass is 16.5. The van der Waals surface area contributed by atoms with E-state index in [-0.39, 0.29) is 0 Å². The molecule has 0 saturated carbocycles. The molecule has 1 saturated heterocycles. The molecule has 19 heavy (non-hydrogen) atoms. The summed E-state index contributed by atoms with van der Waals surface area (Å²) in [5, 5.41) is 3.38. The van der Waals surface area contributed by atoms with Gasteiger partial charge in [-0.15, -0.1) is 0 Å². The Morgan fingerprint density at radius 1 is 1.42 bits per heavy atom. The van der Waals surface area contributed by atoms with Crippen molar-refractivity contribution in [2.75, 3.05) is 19.7 Å². The van der Waals surface area contributed by atoms with Crippen LogP contribution in [0.4, 0.5) is 0 Å².